The molecule has 15 heavy (non-hydrogen) atoms. The van der Waals surface area contributed by atoms with Gasteiger partial charge in [0.1, 0.15) is 6.29 Å². The van der Waals surface area contributed by atoms with Crippen LogP contribution < -0.4 is 5.73 Å². The van der Waals surface area contributed by atoms with E-state index in [1.165, 1.54) is 7.05 Å². The number of nitrogens with two attached hydrogens (primary N) is 1. The van der Waals surface area contributed by atoms with Gasteiger partial charge in [-0.25, -0.2) is 0 Å². The lowest BCUT2D eigenvalue weighted by molar-refractivity contribution is -0.104. The molecule has 88 valence electrons. The first-order chi connectivity index (χ1) is 7.28. The summed E-state index contributed by atoms with van der Waals surface area (Å²) in [7, 11) is 1.50. The SMILES string of the molecule is C=C/C(=C\C(C=O)=C/C)CC.CC.CN. The molecule has 0 aromatic heterocycles. The van der Waals surface area contributed by atoms with E-state index < -0.39 is 0 Å². The first-order valence-electron chi connectivity index (χ1n) is 5.30. The summed E-state index contributed by atoms with van der Waals surface area (Å²) in [6.45, 7) is 11.5. The van der Waals surface area contributed by atoms with E-state index in [1.807, 2.05) is 33.8 Å². The maximum atomic E-state index is 10.4. The van der Waals surface area contributed by atoms with Crippen molar-refractivity contribution in [3.05, 3.63) is 36.0 Å². The lowest BCUT2D eigenvalue weighted by Crippen LogP contribution is -1.81. The van der Waals surface area contributed by atoms with Crippen LogP contribution in [-0.4, -0.2) is 13.3 Å². The Labute approximate surface area is 94.6 Å². The smallest absolute Gasteiger partial charge is 0.149 e. The fourth-order valence-corrected chi connectivity index (χ4v) is 0.705. The second-order valence-corrected chi connectivity index (χ2v) is 2.18. The minimum Gasteiger partial charge on any atom is -0.333 e. The predicted octanol–water partition coefficient (Wildman–Crippen LogP) is 3.26. The van der Waals surface area contributed by atoms with Crippen LogP contribution in [0.1, 0.15) is 34.1 Å². The number of carbonyl (C=O) groups is 1. The number of carbonyl (C=O) groups excluding carboxylic acids is 1. The van der Waals surface area contributed by atoms with Crippen LogP contribution in [0.5, 0.6) is 0 Å². The third-order valence-electron chi connectivity index (χ3n) is 1.49. The van der Waals surface area contributed by atoms with Crippen molar-refractivity contribution in [3.63, 3.8) is 0 Å². The van der Waals surface area contributed by atoms with Gasteiger partial charge in [-0.15, -0.1) is 0 Å². The normalized spacial score (nSPS) is 10.3. The van der Waals surface area contributed by atoms with Crippen molar-refractivity contribution in [2.75, 3.05) is 7.05 Å². The maximum Gasteiger partial charge on any atom is 0.149 e. The zero-order chi connectivity index (χ0) is 12.7. The first-order valence-corrected chi connectivity index (χ1v) is 5.30. The third kappa shape index (κ3) is 12.8. The molecule has 0 saturated heterocycles. The summed E-state index contributed by atoms with van der Waals surface area (Å²) >= 11 is 0. The molecule has 0 aromatic rings. The summed E-state index contributed by atoms with van der Waals surface area (Å²) in [4.78, 5) is 10.4. The number of aldehydes is 1. The summed E-state index contributed by atoms with van der Waals surface area (Å²) in [6.07, 6.45) is 7.16. The van der Waals surface area contributed by atoms with Crippen LogP contribution >= 0.6 is 0 Å². The fraction of sp³-hybridized carbons (Fsp3) is 0.462. The summed E-state index contributed by atoms with van der Waals surface area (Å²) in [6, 6.07) is 0. The second-order valence-electron chi connectivity index (χ2n) is 2.18. The van der Waals surface area contributed by atoms with Gasteiger partial charge in [-0.3, -0.25) is 4.79 Å². The van der Waals surface area contributed by atoms with Crippen molar-refractivity contribution < 1.29 is 4.79 Å². The molecule has 0 saturated carbocycles. The van der Waals surface area contributed by atoms with Gasteiger partial charge in [0.15, 0.2) is 0 Å². The maximum absolute atomic E-state index is 10.4. The standard InChI is InChI=1S/C10H14O.C2H6.CH5N/c1-4-9(5-2)7-10(6-3)8-11;2*1-2/h4,6-8H,1,5H2,2-3H3;1-2H3;2H2,1H3/b9-7+,10-6+;;. The Hall–Kier alpha value is -1.15. The highest BCUT2D eigenvalue weighted by Gasteiger charge is 1.89. The number of allylic oxidation sites excluding steroid dienone is 5. The Morgan fingerprint density at radius 1 is 1.33 bits per heavy atom. The molecule has 0 amide bonds. The number of rotatable bonds is 4. The highest BCUT2D eigenvalue weighted by molar-refractivity contribution is 5.77. The van der Waals surface area contributed by atoms with Gasteiger partial charge in [0.25, 0.3) is 0 Å². The molecular formula is C13H25NO. The Morgan fingerprint density at radius 3 is 2.00 bits per heavy atom. The van der Waals surface area contributed by atoms with Crippen LogP contribution in [0, 0.1) is 0 Å². The van der Waals surface area contributed by atoms with Gasteiger partial charge in [0, 0.05) is 5.57 Å². The van der Waals surface area contributed by atoms with Gasteiger partial charge < -0.3 is 5.73 Å². The molecule has 0 aliphatic rings. The summed E-state index contributed by atoms with van der Waals surface area (Å²) in [5, 5.41) is 0. The highest BCUT2D eigenvalue weighted by atomic mass is 16.1. The van der Waals surface area contributed by atoms with E-state index in [2.05, 4.69) is 12.3 Å². The monoisotopic (exact) mass is 211 g/mol. The van der Waals surface area contributed by atoms with Gasteiger partial charge in [0.2, 0.25) is 0 Å². The van der Waals surface area contributed by atoms with Gasteiger partial charge in [-0.05, 0) is 32.0 Å². The van der Waals surface area contributed by atoms with E-state index in [-0.39, 0.29) is 0 Å². The van der Waals surface area contributed by atoms with Crippen LogP contribution in [0.4, 0.5) is 0 Å². The Kier molecular flexibility index (Phi) is 24.1. The first kappa shape index (κ1) is 19.4. The van der Waals surface area contributed by atoms with Crippen LogP contribution in [0.15, 0.2) is 36.0 Å². The zero-order valence-corrected chi connectivity index (χ0v) is 10.7. The Morgan fingerprint density at radius 2 is 1.80 bits per heavy atom. The third-order valence-corrected chi connectivity index (χ3v) is 1.49. The van der Waals surface area contributed by atoms with E-state index in [9.17, 15) is 4.79 Å². The molecule has 0 unspecified atom stereocenters. The van der Waals surface area contributed by atoms with Crippen LogP contribution in [0.25, 0.3) is 0 Å². The summed E-state index contributed by atoms with van der Waals surface area (Å²) < 4.78 is 0. The van der Waals surface area contributed by atoms with E-state index in [4.69, 9.17) is 0 Å². The molecule has 2 nitrogen and oxygen atoms in total. The average Bonchev–Trinajstić information content (AvgIpc) is 2.36. The highest BCUT2D eigenvalue weighted by Crippen LogP contribution is 2.05. The molecule has 2 N–H and O–H groups in total. The summed E-state index contributed by atoms with van der Waals surface area (Å²) in [5.41, 5.74) is 6.30. The molecule has 0 rings (SSSR count). The second kappa shape index (κ2) is 18.6. The van der Waals surface area contributed by atoms with Gasteiger partial charge in [0.05, 0.1) is 0 Å². The van der Waals surface area contributed by atoms with E-state index >= 15 is 0 Å². The average molecular weight is 211 g/mol. The van der Waals surface area contributed by atoms with Crippen LogP contribution in [0.3, 0.4) is 0 Å². The molecular weight excluding hydrogens is 186 g/mol. The molecule has 0 aliphatic carbocycles. The van der Waals surface area contributed by atoms with E-state index in [1.54, 1.807) is 12.2 Å². The predicted molar refractivity (Wildman–Crippen MR) is 69.9 cm³/mol. The Bertz CT molecular complexity index is 203. The van der Waals surface area contributed by atoms with Crippen molar-refractivity contribution in [2.45, 2.75) is 34.1 Å². The zero-order valence-electron chi connectivity index (χ0n) is 10.7. The minimum absolute atomic E-state index is 0.710. The largest absolute Gasteiger partial charge is 0.333 e. The minimum atomic E-state index is 0.710. The van der Waals surface area contributed by atoms with Gasteiger partial charge in [-0.1, -0.05) is 39.5 Å². The Balaban J connectivity index is -0.000000318. The molecule has 0 spiro atoms. The molecule has 0 aromatic carbocycles. The summed E-state index contributed by atoms with van der Waals surface area (Å²) in [5.74, 6) is 0. The molecule has 0 bridgehead atoms. The molecule has 0 atom stereocenters. The molecule has 0 fully saturated rings. The number of hydrogen-bond donors (Lipinski definition) is 1. The quantitative estimate of drug-likeness (QED) is 0.440. The van der Waals surface area contributed by atoms with Crippen molar-refractivity contribution in [2.24, 2.45) is 5.73 Å². The molecule has 0 heterocycles. The van der Waals surface area contributed by atoms with Crippen molar-refractivity contribution in [3.8, 4) is 0 Å². The topological polar surface area (TPSA) is 43.1 Å². The fourth-order valence-electron chi connectivity index (χ4n) is 0.705. The number of hydrogen-bond acceptors (Lipinski definition) is 2. The van der Waals surface area contributed by atoms with E-state index in [0.29, 0.717) is 5.57 Å². The van der Waals surface area contributed by atoms with E-state index in [0.717, 1.165) is 18.3 Å². The van der Waals surface area contributed by atoms with Gasteiger partial charge >= 0.3 is 0 Å². The van der Waals surface area contributed by atoms with Crippen LogP contribution in [0.2, 0.25) is 0 Å². The lowest BCUT2D eigenvalue weighted by Gasteiger charge is -1.94. The van der Waals surface area contributed by atoms with Gasteiger partial charge in [-0.2, -0.15) is 0 Å². The molecule has 0 radical (unpaired) electrons. The van der Waals surface area contributed by atoms with Crippen LogP contribution in [-0.2, 0) is 4.79 Å². The molecule has 2 heteroatoms. The van der Waals surface area contributed by atoms with Crippen molar-refractivity contribution in [1.82, 2.24) is 0 Å². The van der Waals surface area contributed by atoms with Crippen molar-refractivity contribution in [1.29, 1.82) is 0 Å². The molecule has 0 aliphatic heterocycles. The lowest BCUT2D eigenvalue weighted by atomic mass is 10.1. The van der Waals surface area contributed by atoms with Crippen molar-refractivity contribution >= 4 is 6.29 Å².